The van der Waals surface area contributed by atoms with E-state index in [-0.39, 0.29) is 11.3 Å². The van der Waals surface area contributed by atoms with Crippen molar-refractivity contribution in [2.75, 3.05) is 11.9 Å². The molecule has 1 aromatic heterocycles. The summed E-state index contributed by atoms with van der Waals surface area (Å²) in [6, 6.07) is 14.0. The number of aryl methyl sites for hydroxylation is 2. The van der Waals surface area contributed by atoms with Gasteiger partial charge in [-0.1, -0.05) is 36.4 Å². The molecule has 2 aromatic carbocycles. The minimum atomic E-state index is -0.756. The van der Waals surface area contributed by atoms with Gasteiger partial charge >= 0.3 is 5.97 Å². The van der Waals surface area contributed by atoms with Crippen LogP contribution in [-0.4, -0.2) is 28.3 Å². The molecule has 3 rings (SSSR count). The summed E-state index contributed by atoms with van der Waals surface area (Å²) in [5.74, 6) is -1.21. The summed E-state index contributed by atoms with van der Waals surface area (Å²) in [5.41, 5.74) is 1.29. The number of aromatic nitrogens is 2. The number of ether oxygens (including phenoxy) is 1. The number of hydrogen-bond acceptors (Lipinski definition) is 5. The van der Waals surface area contributed by atoms with Crippen LogP contribution < -0.4 is 10.9 Å². The van der Waals surface area contributed by atoms with Crippen LogP contribution >= 0.6 is 0 Å². The summed E-state index contributed by atoms with van der Waals surface area (Å²) in [5, 5.41) is 7.57. The van der Waals surface area contributed by atoms with Crippen LogP contribution in [0.2, 0.25) is 0 Å². The van der Waals surface area contributed by atoms with Crippen LogP contribution in [0.1, 0.15) is 23.0 Å². The topological polar surface area (TPSA) is 90.3 Å². The number of nitrogens with zero attached hydrogens (tertiary/aromatic N) is 2. The maximum atomic E-state index is 12.5. The molecule has 0 aliphatic carbocycles. The Morgan fingerprint density at radius 2 is 1.74 bits per heavy atom. The van der Waals surface area contributed by atoms with E-state index in [0.29, 0.717) is 23.0 Å². The molecule has 7 heteroatoms. The fraction of sp³-hybridized carbons (Fsp3) is 0.200. The van der Waals surface area contributed by atoms with Crippen molar-refractivity contribution in [3.8, 4) is 0 Å². The van der Waals surface area contributed by atoms with E-state index in [4.69, 9.17) is 4.74 Å². The summed E-state index contributed by atoms with van der Waals surface area (Å²) in [7, 11) is 0. The highest BCUT2D eigenvalue weighted by Gasteiger charge is 2.18. The molecule has 1 heterocycles. The van der Waals surface area contributed by atoms with Crippen molar-refractivity contribution in [1.29, 1.82) is 0 Å². The van der Waals surface area contributed by atoms with Crippen LogP contribution in [0.15, 0.2) is 53.3 Å². The molecule has 138 valence electrons. The van der Waals surface area contributed by atoms with E-state index in [0.717, 1.165) is 5.56 Å². The number of carbonyl (C=O) groups excluding carboxylic acids is 2. The minimum absolute atomic E-state index is 0.00995. The third kappa shape index (κ3) is 3.87. The van der Waals surface area contributed by atoms with Crippen molar-refractivity contribution in [3.05, 3.63) is 70.1 Å². The molecule has 0 saturated carbocycles. The van der Waals surface area contributed by atoms with E-state index in [1.165, 1.54) is 4.68 Å². The van der Waals surface area contributed by atoms with Crippen LogP contribution in [0.3, 0.4) is 0 Å². The fourth-order valence-electron chi connectivity index (χ4n) is 2.70. The monoisotopic (exact) mass is 365 g/mol. The Labute approximate surface area is 155 Å². The summed E-state index contributed by atoms with van der Waals surface area (Å²) < 4.78 is 6.32. The Balaban J connectivity index is 1.79. The van der Waals surface area contributed by atoms with Crippen molar-refractivity contribution in [2.24, 2.45) is 0 Å². The number of carbonyl (C=O) groups is 2. The van der Waals surface area contributed by atoms with E-state index < -0.39 is 18.5 Å². The van der Waals surface area contributed by atoms with Crippen molar-refractivity contribution in [3.63, 3.8) is 0 Å². The molecule has 3 aromatic rings. The highest BCUT2D eigenvalue weighted by atomic mass is 16.5. The van der Waals surface area contributed by atoms with Crippen molar-refractivity contribution >= 4 is 28.3 Å². The summed E-state index contributed by atoms with van der Waals surface area (Å²) in [6.07, 6.45) is 0. The van der Waals surface area contributed by atoms with Gasteiger partial charge in [-0.3, -0.25) is 9.59 Å². The second kappa shape index (κ2) is 7.82. The lowest BCUT2D eigenvalue weighted by molar-refractivity contribution is -0.119. The lowest BCUT2D eigenvalue weighted by Crippen LogP contribution is -2.27. The van der Waals surface area contributed by atoms with Crippen molar-refractivity contribution in [1.82, 2.24) is 9.78 Å². The molecule has 0 radical (unpaired) electrons. The molecular formula is C20H19N3O4. The number of fused-ring (bicyclic) bond motifs is 1. The molecule has 0 unspecified atom stereocenters. The molecule has 0 aliphatic rings. The predicted molar refractivity (Wildman–Crippen MR) is 102 cm³/mol. The van der Waals surface area contributed by atoms with Crippen LogP contribution in [0, 0.1) is 6.92 Å². The van der Waals surface area contributed by atoms with Crippen molar-refractivity contribution < 1.29 is 14.3 Å². The van der Waals surface area contributed by atoms with Crippen molar-refractivity contribution in [2.45, 2.75) is 20.4 Å². The minimum Gasteiger partial charge on any atom is -0.451 e. The molecule has 1 N–H and O–H groups in total. The summed E-state index contributed by atoms with van der Waals surface area (Å²) in [6.45, 7) is 3.49. The normalized spacial score (nSPS) is 10.6. The molecule has 7 nitrogen and oxygen atoms in total. The first-order valence-electron chi connectivity index (χ1n) is 8.53. The number of esters is 1. The SMILES string of the molecule is CCn1nc(C(=O)OCC(=O)Nc2ccccc2C)c2ccccc2c1=O. The Bertz CT molecular complexity index is 1070. The van der Waals surface area contributed by atoms with E-state index in [1.54, 1.807) is 43.3 Å². The van der Waals surface area contributed by atoms with E-state index in [1.807, 2.05) is 19.1 Å². The smallest absolute Gasteiger partial charge is 0.359 e. The van der Waals surface area contributed by atoms with Gasteiger partial charge in [0, 0.05) is 17.6 Å². The van der Waals surface area contributed by atoms with Gasteiger partial charge in [0.25, 0.3) is 11.5 Å². The van der Waals surface area contributed by atoms with Crippen LogP contribution in [0.25, 0.3) is 10.8 Å². The Morgan fingerprint density at radius 1 is 1.07 bits per heavy atom. The van der Waals surface area contributed by atoms with Crippen LogP contribution in [-0.2, 0) is 16.1 Å². The van der Waals surface area contributed by atoms with Gasteiger partial charge in [-0.2, -0.15) is 5.10 Å². The standard InChI is InChI=1S/C20H19N3O4/c1-3-23-19(25)15-10-6-5-9-14(15)18(22-23)20(26)27-12-17(24)21-16-11-7-4-8-13(16)2/h4-11H,3,12H2,1-2H3,(H,21,24). The fourth-order valence-corrected chi connectivity index (χ4v) is 2.70. The number of nitrogens with one attached hydrogen (secondary N) is 1. The average Bonchev–Trinajstić information content (AvgIpc) is 2.68. The first-order chi connectivity index (χ1) is 13.0. The molecule has 0 saturated heterocycles. The highest BCUT2D eigenvalue weighted by molar-refractivity contribution is 6.03. The van der Waals surface area contributed by atoms with Crippen LogP contribution in [0.4, 0.5) is 5.69 Å². The van der Waals surface area contributed by atoms with Gasteiger partial charge in [-0.15, -0.1) is 0 Å². The van der Waals surface area contributed by atoms with Gasteiger partial charge in [0.2, 0.25) is 0 Å². The van der Waals surface area contributed by atoms with Gasteiger partial charge in [0.15, 0.2) is 12.3 Å². The Hall–Kier alpha value is -3.48. The lowest BCUT2D eigenvalue weighted by Gasteiger charge is -2.10. The zero-order valence-corrected chi connectivity index (χ0v) is 15.1. The van der Waals surface area contributed by atoms with Gasteiger partial charge < -0.3 is 10.1 Å². The molecule has 0 aliphatic heterocycles. The summed E-state index contributed by atoms with van der Waals surface area (Å²) in [4.78, 5) is 36.9. The number of para-hydroxylation sites is 1. The van der Waals surface area contributed by atoms with Gasteiger partial charge in [-0.05, 0) is 31.5 Å². The molecule has 0 spiro atoms. The Morgan fingerprint density at radius 3 is 2.44 bits per heavy atom. The third-order valence-corrected chi connectivity index (χ3v) is 4.11. The van der Waals surface area contributed by atoms with E-state index >= 15 is 0 Å². The molecule has 1 amide bonds. The van der Waals surface area contributed by atoms with Gasteiger partial charge in [0.05, 0.1) is 5.39 Å². The number of benzene rings is 2. The molecule has 0 atom stereocenters. The largest absolute Gasteiger partial charge is 0.451 e. The molecule has 0 fully saturated rings. The average molecular weight is 365 g/mol. The third-order valence-electron chi connectivity index (χ3n) is 4.11. The first-order valence-corrected chi connectivity index (χ1v) is 8.53. The lowest BCUT2D eigenvalue weighted by atomic mass is 10.1. The molecule has 0 bridgehead atoms. The molecule has 27 heavy (non-hydrogen) atoms. The van der Waals surface area contributed by atoms with Crippen LogP contribution in [0.5, 0.6) is 0 Å². The maximum absolute atomic E-state index is 12.5. The number of anilines is 1. The zero-order chi connectivity index (χ0) is 19.4. The van der Waals surface area contributed by atoms with Gasteiger partial charge in [0.1, 0.15) is 0 Å². The zero-order valence-electron chi connectivity index (χ0n) is 15.1. The van der Waals surface area contributed by atoms with Gasteiger partial charge in [-0.25, -0.2) is 9.48 Å². The Kier molecular flexibility index (Phi) is 5.30. The number of amides is 1. The molecular weight excluding hydrogens is 346 g/mol. The second-order valence-electron chi connectivity index (χ2n) is 5.95. The summed E-state index contributed by atoms with van der Waals surface area (Å²) >= 11 is 0. The first kappa shape index (κ1) is 18.3. The number of hydrogen-bond donors (Lipinski definition) is 1. The van der Waals surface area contributed by atoms with E-state index in [9.17, 15) is 14.4 Å². The number of rotatable bonds is 5. The predicted octanol–water partition coefficient (Wildman–Crippen LogP) is 2.52. The second-order valence-corrected chi connectivity index (χ2v) is 5.95. The highest BCUT2D eigenvalue weighted by Crippen LogP contribution is 2.15. The maximum Gasteiger partial charge on any atom is 0.359 e. The van der Waals surface area contributed by atoms with E-state index in [2.05, 4.69) is 10.4 Å². The quantitative estimate of drug-likeness (QED) is 0.702.